The minimum Gasteiger partial charge on any atom is -0.463 e. The maximum atomic E-state index is 13.2. The number of rotatable bonds is 19. The Morgan fingerprint density at radius 1 is 0.742 bits per heavy atom. The average molecular weight is 928 g/mol. The molecule has 0 saturated carbocycles. The molecule has 362 valence electrons. The van der Waals surface area contributed by atoms with Gasteiger partial charge in [0.05, 0.1) is 66.3 Å². The Labute approximate surface area is 395 Å². The number of ether oxygens (including phenoxy) is 3. The number of aliphatic hydroxyl groups is 2. The molecule has 3 aliphatic rings. The number of amides is 2. The van der Waals surface area contributed by atoms with Crippen LogP contribution < -0.4 is 0 Å². The summed E-state index contributed by atoms with van der Waals surface area (Å²) in [5.41, 5.74) is 2.91. The largest absolute Gasteiger partial charge is 0.463 e. The molecule has 6 rings (SSSR count). The van der Waals surface area contributed by atoms with Crippen LogP contribution in [0, 0.1) is 29.1 Å². The molecule has 3 aliphatic heterocycles. The van der Waals surface area contributed by atoms with Crippen molar-refractivity contribution < 1.29 is 48.0 Å². The lowest BCUT2D eigenvalue weighted by Gasteiger charge is -2.40. The number of aldehydes is 1. The molecule has 0 spiro atoms. The van der Waals surface area contributed by atoms with Crippen LogP contribution in [0.5, 0.6) is 0 Å². The topological polar surface area (TPSA) is 149 Å². The predicted molar refractivity (Wildman–Crippen MR) is 259 cm³/mol. The number of imide groups is 1. The molecule has 2 saturated heterocycles. The quantitative estimate of drug-likeness (QED) is 0.0516. The van der Waals surface area contributed by atoms with Crippen LogP contribution in [0.3, 0.4) is 0 Å². The molecule has 6 unspecified atom stereocenters. The summed E-state index contributed by atoms with van der Waals surface area (Å²) in [6.07, 6.45) is 4.26. The van der Waals surface area contributed by atoms with Crippen LogP contribution >= 0.6 is 0 Å². The van der Waals surface area contributed by atoms with E-state index in [4.69, 9.17) is 23.7 Å². The fraction of sp³-hybridized carbons (Fsp3) is 0.593. The van der Waals surface area contributed by atoms with Crippen LogP contribution in [0.2, 0.25) is 18.1 Å². The van der Waals surface area contributed by atoms with Crippen LogP contribution in [0.1, 0.15) is 119 Å². The lowest BCUT2D eigenvalue weighted by atomic mass is 9.82. The molecule has 66 heavy (non-hydrogen) atoms. The predicted octanol–water partition coefficient (Wildman–Crippen LogP) is 9.28. The maximum absolute atomic E-state index is 13.2. The van der Waals surface area contributed by atoms with Crippen molar-refractivity contribution in [3.8, 4) is 0 Å². The van der Waals surface area contributed by atoms with E-state index >= 15 is 0 Å². The van der Waals surface area contributed by atoms with Crippen molar-refractivity contribution in [2.24, 2.45) is 29.1 Å². The second kappa shape index (κ2) is 23.3. The van der Waals surface area contributed by atoms with Crippen molar-refractivity contribution in [3.63, 3.8) is 0 Å². The third-order valence-corrected chi connectivity index (χ3v) is 19.0. The maximum Gasteiger partial charge on any atom is 0.311 e. The van der Waals surface area contributed by atoms with Gasteiger partial charge in [-0.1, -0.05) is 107 Å². The van der Waals surface area contributed by atoms with Crippen molar-refractivity contribution in [2.75, 3.05) is 19.8 Å². The number of benzene rings is 3. The zero-order valence-electron chi connectivity index (χ0n) is 41.1. The molecule has 3 aromatic rings. The molecule has 0 bridgehead atoms. The van der Waals surface area contributed by atoms with Gasteiger partial charge in [0.15, 0.2) is 8.32 Å². The number of aryl methyl sites for hydroxylation is 2. The Hall–Kier alpha value is -4.04. The summed E-state index contributed by atoms with van der Waals surface area (Å²) in [5, 5.41) is 18.9. The number of carbonyl (C=O) groups is 4. The zero-order valence-corrected chi connectivity index (χ0v) is 42.1. The number of hydrogen-bond donors (Lipinski definition) is 2. The molecule has 2 amide bonds. The van der Waals surface area contributed by atoms with Crippen LogP contribution in [-0.2, 0) is 41.1 Å². The molecule has 0 aromatic heterocycles. The molecule has 12 heteroatoms. The minimum absolute atomic E-state index is 0.0341. The summed E-state index contributed by atoms with van der Waals surface area (Å²) >= 11 is 0. The summed E-state index contributed by atoms with van der Waals surface area (Å²) in [6.45, 7) is 20.9. The van der Waals surface area contributed by atoms with Gasteiger partial charge in [0, 0.05) is 19.3 Å². The highest BCUT2D eigenvalue weighted by molar-refractivity contribution is 6.74. The van der Waals surface area contributed by atoms with Crippen LogP contribution in [0.15, 0.2) is 84.9 Å². The second-order valence-electron chi connectivity index (χ2n) is 21.3. The Morgan fingerprint density at radius 3 is 1.68 bits per heavy atom. The first kappa shape index (κ1) is 52.9. The first-order valence-corrected chi connectivity index (χ1v) is 27.0. The van der Waals surface area contributed by atoms with Gasteiger partial charge in [0.25, 0.3) is 11.8 Å². The highest BCUT2D eigenvalue weighted by Gasteiger charge is 2.47. The molecule has 3 heterocycles. The van der Waals surface area contributed by atoms with E-state index in [0.717, 1.165) is 32.0 Å². The van der Waals surface area contributed by atoms with Crippen LogP contribution in [-0.4, -0.2) is 104 Å². The minimum atomic E-state index is -2.23. The average Bonchev–Trinajstić information content (AvgIpc) is 3.83. The first-order valence-electron chi connectivity index (χ1n) is 24.1. The summed E-state index contributed by atoms with van der Waals surface area (Å²) in [4.78, 5) is 51.4. The van der Waals surface area contributed by atoms with Gasteiger partial charge in [-0.25, -0.2) is 0 Å². The molecule has 0 radical (unpaired) electrons. The second-order valence-corrected chi connectivity index (χ2v) is 26.1. The SMILES string of the molecule is C[C@H]1C(CC(CN2C(=O)c3ccccc3C2=O)O[Si](C)(C)C(C)(C)C)O[C@@H](CC=O)C1CCc1ccccc1.C[C@H]1C(CC(O)CO)O[C@@H](COC(=O)C(C)(C)C)C1CCc1ccccc1. The molecular formula is C54H77NO10Si. The lowest BCUT2D eigenvalue weighted by molar-refractivity contribution is -0.157. The number of esters is 1. The van der Waals surface area contributed by atoms with Crippen molar-refractivity contribution in [3.05, 3.63) is 107 Å². The molecule has 3 aromatic carbocycles. The molecule has 10 atom stereocenters. The van der Waals surface area contributed by atoms with E-state index in [-0.39, 0.29) is 96.8 Å². The van der Waals surface area contributed by atoms with Gasteiger partial charge < -0.3 is 33.6 Å². The fourth-order valence-electron chi connectivity index (χ4n) is 9.35. The summed E-state index contributed by atoms with van der Waals surface area (Å²) in [6, 6.07) is 27.7. The van der Waals surface area contributed by atoms with E-state index in [1.165, 1.54) is 16.0 Å². The van der Waals surface area contributed by atoms with Crippen molar-refractivity contribution >= 4 is 32.4 Å². The summed E-state index contributed by atoms with van der Waals surface area (Å²) in [7, 11) is -2.23. The van der Waals surface area contributed by atoms with E-state index < -0.39 is 19.8 Å². The summed E-state index contributed by atoms with van der Waals surface area (Å²) in [5.74, 6) is 0.139. The molecule has 0 aliphatic carbocycles. The Kier molecular flexibility index (Phi) is 18.7. The number of fused-ring (bicyclic) bond motifs is 1. The monoisotopic (exact) mass is 928 g/mol. The lowest BCUT2D eigenvalue weighted by Crippen LogP contribution is -2.49. The summed E-state index contributed by atoms with van der Waals surface area (Å²) < 4.78 is 25.1. The Morgan fingerprint density at radius 2 is 1.21 bits per heavy atom. The standard InChI is InChI=1S/C32H43NO5Si.C22H34O5/c1-22-25(17-16-23-12-8-7-9-13-23)28(18-19-34)37-29(22)20-24(38-39(5,6)32(2,3)4)21-33-30(35)26-14-10-11-15-27(26)31(33)36;1-15-18(11-10-16-8-6-5-7-9-16)20(14-26-21(25)22(2,3)4)27-19(15)12-17(24)13-23/h7-15,19,22,24-25,28-29H,16-18,20-21H2,1-6H3;5-9,15,17-20,23-24H,10-14H2,1-4H3/t22-,24?,25?,28+,29?;15-,17?,18?,19?,20+/m11/s1. The van der Waals surface area contributed by atoms with E-state index in [0.29, 0.717) is 30.4 Å². The first-order chi connectivity index (χ1) is 31.1. The van der Waals surface area contributed by atoms with Crippen LogP contribution in [0.4, 0.5) is 0 Å². The highest BCUT2D eigenvalue weighted by atomic mass is 28.4. The van der Waals surface area contributed by atoms with Crippen molar-refractivity contribution in [2.45, 2.75) is 155 Å². The van der Waals surface area contributed by atoms with E-state index in [2.05, 4.69) is 84.1 Å². The smallest absolute Gasteiger partial charge is 0.311 e. The molecular weight excluding hydrogens is 851 g/mol. The van der Waals surface area contributed by atoms with Gasteiger partial charge in [-0.15, -0.1) is 0 Å². The third-order valence-electron chi connectivity index (χ3n) is 14.5. The zero-order chi connectivity index (χ0) is 48.4. The van der Waals surface area contributed by atoms with Gasteiger partial charge in [-0.05, 0) is 112 Å². The molecule has 2 N–H and O–H groups in total. The number of nitrogens with zero attached hydrogens (tertiary/aromatic N) is 1. The van der Waals surface area contributed by atoms with E-state index in [1.807, 2.05) is 45.0 Å². The van der Waals surface area contributed by atoms with Gasteiger partial charge in [0.2, 0.25) is 0 Å². The van der Waals surface area contributed by atoms with E-state index in [1.54, 1.807) is 24.3 Å². The Balaban J connectivity index is 0.000000265. The van der Waals surface area contributed by atoms with Crippen molar-refractivity contribution in [1.82, 2.24) is 4.90 Å². The van der Waals surface area contributed by atoms with E-state index in [9.17, 15) is 24.3 Å². The normalized spacial score (nSPS) is 25.2. The number of hydrogen-bond acceptors (Lipinski definition) is 10. The van der Waals surface area contributed by atoms with Gasteiger partial charge in [-0.2, -0.15) is 0 Å². The molecule has 2 fully saturated rings. The van der Waals surface area contributed by atoms with Gasteiger partial charge in [0.1, 0.15) is 12.9 Å². The van der Waals surface area contributed by atoms with Crippen molar-refractivity contribution in [1.29, 1.82) is 0 Å². The fourth-order valence-corrected chi connectivity index (χ4v) is 10.7. The molecule has 11 nitrogen and oxygen atoms in total. The van der Waals surface area contributed by atoms with Gasteiger partial charge in [-0.3, -0.25) is 19.3 Å². The Bertz CT molecular complexity index is 2000. The highest BCUT2D eigenvalue weighted by Crippen LogP contribution is 2.43. The van der Waals surface area contributed by atoms with Crippen LogP contribution in [0.25, 0.3) is 0 Å². The number of carbonyl (C=O) groups excluding carboxylic acids is 4. The third kappa shape index (κ3) is 13.8. The number of aliphatic hydroxyl groups excluding tert-OH is 2. The van der Waals surface area contributed by atoms with Gasteiger partial charge >= 0.3 is 5.97 Å².